The molecule has 2 aliphatic heterocycles. The molecule has 1 aromatic carbocycles. The van der Waals surface area contributed by atoms with Crippen molar-refractivity contribution in [3.8, 4) is 0 Å². The van der Waals surface area contributed by atoms with Crippen molar-refractivity contribution in [1.29, 1.82) is 0 Å². The molecular formula is C18H23FN4O4. The van der Waals surface area contributed by atoms with Gasteiger partial charge in [-0.25, -0.2) is 9.59 Å². The van der Waals surface area contributed by atoms with Crippen LogP contribution in [0.4, 0.5) is 14.1 Å². The van der Waals surface area contributed by atoms with Crippen LogP contribution < -0.4 is 5.32 Å². The third-order valence-corrected chi connectivity index (χ3v) is 5.26. The average Bonchev–Trinajstić information content (AvgIpc) is 2.60. The van der Waals surface area contributed by atoms with Gasteiger partial charge in [-0.05, 0) is 12.0 Å². The molecule has 0 aromatic heterocycles. The maximum atomic E-state index is 14.3. The summed E-state index contributed by atoms with van der Waals surface area (Å²) in [4.78, 5) is 38.9. The second-order valence-electron chi connectivity index (χ2n) is 6.91. The van der Waals surface area contributed by atoms with Crippen molar-refractivity contribution in [2.75, 3.05) is 26.2 Å². The second-order valence-corrected chi connectivity index (χ2v) is 6.91. The minimum Gasteiger partial charge on any atom is -0.465 e. The monoisotopic (exact) mass is 378 g/mol. The first-order valence-electron chi connectivity index (χ1n) is 8.99. The lowest BCUT2D eigenvalue weighted by atomic mass is 9.92. The lowest BCUT2D eigenvalue weighted by molar-refractivity contribution is -0.139. The number of amides is 4. The van der Waals surface area contributed by atoms with Crippen LogP contribution in [-0.4, -0.2) is 69.9 Å². The van der Waals surface area contributed by atoms with E-state index in [-0.39, 0.29) is 24.6 Å². The van der Waals surface area contributed by atoms with Gasteiger partial charge in [-0.2, -0.15) is 0 Å². The predicted molar refractivity (Wildman–Crippen MR) is 94.4 cm³/mol. The fraction of sp³-hybridized carbons (Fsp3) is 0.500. The number of benzene rings is 1. The number of urea groups is 1. The Labute approximate surface area is 156 Å². The van der Waals surface area contributed by atoms with Crippen LogP contribution in [0, 0.1) is 0 Å². The molecule has 146 valence electrons. The molecule has 1 aromatic rings. The average molecular weight is 378 g/mol. The Morgan fingerprint density at radius 2 is 1.74 bits per heavy atom. The SMILES string of the molecule is O=C(O)N1CCC(NC(=O)N(F)C(=O)Cc2ccccc2)(N2CCC2)CC1. The summed E-state index contributed by atoms with van der Waals surface area (Å²) in [5.74, 6) is -0.944. The zero-order valence-corrected chi connectivity index (χ0v) is 14.9. The van der Waals surface area contributed by atoms with Gasteiger partial charge in [-0.15, -0.1) is 0 Å². The predicted octanol–water partition coefficient (Wildman–Crippen LogP) is 1.83. The summed E-state index contributed by atoms with van der Waals surface area (Å²) in [6, 6.07) is 7.53. The molecule has 9 heteroatoms. The number of imide groups is 1. The van der Waals surface area contributed by atoms with Gasteiger partial charge in [0.05, 0.1) is 12.1 Å². The molecule has 3 rings (SSSR count). The topological polar surface area (TPSA) is 93.2 Å². The molecule has 0 radical (unpaired) electrons. The second kappa shape index (κ2) is 7.91. The highest BCUT2D eigenvalue weighted by atomic mass is 19.2. The minimum atomic E-state index is -1.10. The molecule has 0 saturated carbocycles. The molecule has 2 heterocycles. The Balaban J connectivity index is 1.64. The highest BCUT2D eigenvalue weighted by Crippen LogP contribution is 2.31. The molecule has 0 unspecified atom stereocenters. The summed E-state index contributed by atoms with van der Waals surface area (Å²) in [7, 11) is 0. The lowest BCUT2D eigenvalue weighted by Crippen LogP contribution is -2.69. The van der Waals surface area contributed by atoms with Crippen LogP contribution in [0.25, 0.3) is 0 Å². The van der Waals surface area contributed by atoms with E-state index < -0.39 is 23.7 Å². The summed E-state index contributed by atoms with van der Waals surface area (Å²) in [6.45, 7) is 1.99. The molecule has 0 bridgehead atoms. The number of hydrogen-bond donors (Lipinski definition) is 2. The van der Waals surface area contributed by atoms with Gasteiger partial charge in [0.1, 0.15) is 0 Å². The first-order valence-corrected chi connectivity index (χ1v) is 8.99. The van der Waals surface area contributed by atoms with Crippen LogP contribution in [0.1, 0.15) is 24.8 Å². The molecule has 0 atom stereocenters. The minimum absolute atomic E-state index is 0.214. The Morgan fingerprint density at radius 1 is 1.11 bits per heavy atom. The summed E-state index contributed by atoms with van der Waals surface area (Å²) in [5, 5.41) is 11.4. The number of nitrogens with zero attached hydrogens (tertiary/aromatic N) is 3. The molecule has 0 aliphatic carbocycles. The molecule has 27 heavy (non-hydrogen) atoms. The third-order valence-electron chi connectivity index (χ3n) is 5.26. The standard InChI is InChI=1S/C18H23FN4O4/c19-23(15(24)13-14-5-2-1-3-6-14)16(25)20-18(22-9-4-10-22)7-11-21(12-8-18)17(26)27/h1-3,5-6H,4,7-13H2,(H,20,25)(H,26,27). The van der Waals surface area contributed by atoms with Gasteiger partial charge in [0.15, 0.2) is 0 Å². The maximum Gasteiger partial charge on any atom is 0.407 e. The number of nitrogens with one attached hydrogen (secondary N) is 1. The van der Waals surface area contributed by atoms with Crippen molar-refractivity contribution in [2.24, 2.45) is 0 Å². The highest BCUT2D eigenvalue weighted by Gasteiger charge is 2.45. The van der Waals surface area contributed by atoms with Gasteiger partial charge in [-0.3, -0.25) is 9.69 Å². The highest BCUT2D eigenvalue weighted by molar-refractivity contribution is 5.94. The first kappa shape index (κ1) is 19.1. The normalized spacial score (nSPS) is 19.1. The van der Waals surface area contributed by atoms with Crippen LogP contribution in [-0.2, 0) is 11.2 Å². The van der Waals surface area contributed by atoms with Crippen LogP contribution in [0.3, 0.4) is 0 Å². The van der Waals surface area contributed by atoms with E-state index in [2.05, 4.69) is 5.32 Å². The summed E-state index contributed by atoms with van der Waals surface area (Å²) in [5.41, 5.74) is -0.205. The van der Waals surface area contributed by atoms with Gasteiger partial charge in [0.25, 0.3) is 5.91 Å². The molecule has 4 amide bonds. The zero-order chi connectivity index (χ0) is 19.4. The van der Waals surface area contributed by atoms with E-state index in [1.54, 1.807) is 30.3 Å². The number of hydrogen-bond acceptors (Lipinski definition) is 4. The fourth-order valence-corrected chi connectivity index (χ4v) is 3.53. The van der Waals surface area contributed by atoms with Gasteiger partial charge < -0.3 is 15.3 Å². The van der Waals surface area contributed by atoms with E-state index in [9.17, 15) is 18.9 Å². The van der Waals surface area contributed by atoms with E-state index in [4.69, 9.17) is 5.11 Å². The number of likely N-dealkylation sites (tertiary alicyclic amines) is 2. The lowest BCUT2D eigenvalue weighted by Gasteiger charge is -2.52. The Bertz CT molecular complexity index is 703. The molecular weight excluding hydrogens is 355 g/mol. The quantitative estimate of drug-likeness (QED) is 0.780. The number of halogens is 1. The molecule has 2 saturated heterocycles. The first-order chi connectivity index (χ1) is 12.9. The maximum absolute atomic E-state index is 14.3. The van der Waals surface area contributed by atoms with Crippen LogP contribution in [0.5, 0.6) is 0 Å². The van der Waals surface area contributed by atoms with E-state index >= 15 is 0 Å². The Hall–Kier alpha value is -2.68. The van der Waals surface area contributed by atoms with Crippen molar-refractivity contribution in [3.63, 3.8) is 0 Å². The Kier molecular flexibility index (Phi) is 5.59. The molecule has 2 aliphatic rings. The van der Waals surface area contributed by atoms with E-state index in [1.165, 1.54) is 4.90 Å². The number of rotatable bonds is 4. The molecule has 2 fully saturated rings. The van der Waals surface area contributed by atoms with E-state index in [1.807, 2.05) is 4.90 Å². The van der Waals surface area contributed by atoms with Gasteiger partial charge in [0, 0.05) is 39.0 Å². The number of piperidine rings is 1. The van der Waals surface area contributed by atoms with Gasteiger partial charge >= 0.3 is 12.1 Å². The van der Waals surface area contributed by atoms with Crippen molar-refractivity contribution in [2.45, 2.75) is 31.3 Å². The smallest absolute Gasteiger partial charge is 0.407 e. The fourth-order valence-electron chi connectivity index (χ4n) is 3.53. The summed E-state index contributed by atoms with van der Waals surface area (Å²) >= 11 is 0. The van der Waals surface area contributed by atoms with Crippen LogP contribution >= 0.6 is 0 Å². The number of carbonyl (C=O) groups excluding carboxylic acids is 2. The number of carbonyl (C=O) groups is 3. The van der Waals surface area contributed by atoms with Gasteiger partial charge in [-0.1, -0.05) is 39.9 Å². The largest absolute Gasteiger partial charge is 0.465 e. The van der Waals surface area contributed by atoms with Gasteiger partial charge in [0.2, 0.25) is 0 Å². The molecule has 2 N–H and O–H groups in total. The van der Waals surface area contributed by atoms with Crippen molar-refractivity contribution < 1.29 is 24.0 Å². The molecule has 8 nitrogen and oxygen atoms in total. The number of carboxylic acid groups (broad SMARTS) is 1. The van der Waals surface area contributed by atoms with Crippen molar-refractivity contribution >= 4 is 18.0 Å². The van der Waals surface area contributed by atoms with E-state index in [0.29, 0.717) is 18.4 Å². The zero-order valence-electron chi connectivity index (χ0n) is 14.9. The Morgan fingerprint density at radius 3 is 2.26 bits per heavy atom. The summed E-state index contributed by atoms with van der Waals surface area (Å²) < 4.78 is 14.3. The third kappa shape index (κ3) is 4.19. The van der Waals surface area contributed by atoms with Crippen LogP contribution in [0.15, 0.2) is 30.3 Å². The molecule has 0 spiro atoms. The van der Waals surface area contributed by atoms with Crippen molar-refractivity contribution in [3.05, 3.63) is 35.9 Å². The summed E-state index contributed by atoms with van der Waals surface area (Å²) in [6.07, 6.45) is 0.446. The van der Waals surface area contributed by atoms with Crippen molar-refractivity contribution in [1.82, 2.24) is 20.2 Å². The van der Waals surface area contributed by atoms with Crippen LogP contribution in [0.2, 0.25) is 0 Å². The van der Waals surface area contributed by atoms with E-state index in [0.717, 1.165) is 19.5 Å².